The third-order valence-corrected chi connectivity index (χ3v) is 10.9. The van der Waals surface area contributed by atoms with Crippen molar-refractivity contribution >= 4 is 48.0 Å². The summed E-state index contributed by atoms with van der Waals surface area (Å²) in [6.45, 7) is 5.94. The molecule has 1 atom stereocenters. The molecule has 1 aliphatic carbocycles. The smallest absolute Gasteiger partial charge is 0.344 e. The Bertz CT molecular complexity index is 1720. The topological polar surface area (TPSA) is 257 Å². The summed E-state index contributed by atoms with van der Waals surface area (Å²) in [7, 11) is -4.40. The van der Waals surface area contributed by atoms with Crippen LogP contribution in [0.4, 0.5) is 11.8 Å². The number of hydrogen-bond acceptors (Lipinski definition) is 11. The summed E-state index contributed by atoms with van der Waals surface area (Å²) in [5.41, 5.74) is 7.62. The highest BCUT2D eigenvalue weighted by Gasteiger charge is 2.24. The van der Waals surface area contributed by atoms with Crippen LogP contribution in [0.5, 0.6) is 0 Å². The van der Waals surface area contributed by atoms with Crippen molar-refractivity contribution in [1.29, 1.82) is 0 Å². The molecule has 18 nitrogen and oxygen atoms in total. The van der Waals surface area contributed by atoms with E-state index in [1.54, 1.807) is 4.90 Å². The SMILES string of the molecule is N[C@@H](CCC(=O)NCCC(=O)N1CCC(Nc2nc(NCc3cn(CCCNCCCNC4CCCCC4)[nH]3)nc3ccccc23)CC1)C(=O)NCP(=O)(O)O. The van der Waals surface area contributed by atoms with Gasteiger partial charge in [-0.2, -0.15) is 4.98 Å². The molecule has 56 heavy (non-hydrogen) atoms. The van der Waals surface area contributed by atoms with Crippen LogP contribution in [0, 0.1) is 0 Å². The van der Waals surface area contributed by atoms with Crippen molar-refractivity contribution in [1.82, 2.24) is 45.9 Å². The molecule has 1 aliphatic heterocycles. The van der Waals surface area contributed by atoms with Crippen LogP contribution in [0.25, 0.3) is 10.9 Å². The van der Waals surface area contributed by atoms with E-state index in [9.17, 15) is 18.9 Å². The Labute approximate surface area is 328 Å². The second-order valence-electron chi connectivity index (χ2n) is 14.9. The zero-order valence-electron chi connectivity index (χ0n) is 32.3. The molecule has 19 heteroatoms. The summed E-state index contributed by atoms with van der Waals surface area (Å²) >= 11 is 0. The van der Waals surface area contributed by atoms with E-state index in [0.29, 0.717) is 25.6 Å². The maximum Gasteiger partial charge on any atom is 0.344 e. The van der Waals surface area contributed by atoms with Gasteiger partial charge in [-0.3, -0.25) is 28.7 Å². The van der Waals surface area contributed by atoms with Gasteiger partial charge in [0.2, 0.25) is 23.7 Å². The number of nitrogens with zero attached hydrogens (tertiary/aromatic N) is 4. The number of carbonyl (C=O) groups is 3. The fraction of sp³-hybridized carbons (Fsp3) is 0.649. The van der Waals surface area contributed by atoms with Gasteiger partial charge < -0.3 is 52.3 Å². The highest BCUT2D eigenvalue weighted by molar-refractivity contribution is 7.51. The second-order valence-corrected chi connectivity index (χ2v) is 16.5. The molecule has 3 amide bonds. The minimum absolute atomic E-state index is 0.00232. The van der Waals surface area contributed by atoms with Gasteiger partial charge in [0.25, 0.3) is 0 Å². The van der Waals surface area contributed by atoms with E-state index in [1.807, 2.05) is 24.3 Å². The van der Waals surface area contributed by atoms with Gasteiger partial charge in [0.1, 0.15) is 12.1 Å². The fourth-order valence-corrected chi connectivity index (χ4v) is 7.45. The van der Waals surface area contributed by atoms with Crippen molar-refractivity contribution < 1.29 is 28.7 Å². The number of carbonyl (C=O) groups excluding carboxylic acids is 3. The van der Waals surface area contributed by atoms with Crippen molar-refractivity contribution in [2.75, 3.05) is 56.2 Å². The molecular formula is C37H61N12O6P. The number of hydrogen-bond donors (Lipinski definition) is 10. The largest absolute Gasteiger partial charge is 0.367 e. The third-order valence-electron chi connectivity index (χ3n) is 10.3. The summed E-state index contributed by atoms with van der Waals surface area (Å²) in [4.78, 5) is 66.0. The number of piperidine rings is 1. The van der Waals surface area contributed by atoms with Gasteiger partial charge in [0.15, 0.2) is 0 Å². The molecule has 1 saturated heterocycles. The maximum absolute atomic E-state index is 12.9. The van der Waals surface area contributed by atoms with Crippen molar-refractivity contribution in [2.24, 2.45) is 5.73 Å². The van der Waals surface area contributed by atoms with Gasteiger partial charge in [0, 0.05) is 62.7 Å². The highest BCUT2D eigenvalue weighted by Crippen LogP contribution is 2.32. The molecular weight excluding hydrogens is 739 g/mol. The molecule has 3 aromatic rings. The van der Waals surface area contributed by atoms with Crippen LogP contribution in [0.1, 0.15) is 82.7 Å². The Morgan fingerprint density at radius 2 is 1.68 bits per heavy atom. The van der Waals surface area contributed by atoms with E-state index in [2.05, 4.69) is 47.9 Å². The highest BCUT2D eigenvalue weighted by atomic mass is 31.2. The summed E-state index contributed by atoms with van der Waals surface area (Å²) in [6, 6.07) is 7.65. The Balaban J connectivity index is 0.961. The molecule has 5 rings (SSSR count). The molecule has 0 unspecified atom stereocenters. The summed E-state index contributed by atoms with van der Waals surface area (Å²) in [5.74, 6) is 0.115. The van der Waals surface area contributed by atoms with Gasteiger partial charge in [-0.15, -0.1) is 0 Å². The number of anilines is 2. The standard InChI is InChI=1S/C37H61N12O6P/c38-31(36(52)43-26-56(53,54)55)12-13-33(50)41-20-14-34(51)48-22-15-28(16-23-48)44-35-30-10-4-5-11-32(30)45-37(46-35)42-24-29-25-49(47-29)21-7-18-39-17-6-19-40-27-8-2-1-3-9-27/h4-5,10-11,25,27-28,31,39-40,47H,1-3,6-9,12-24,26,38H2,(H,41,50)(H,43,52)(H2,53,54,55)(H2,42,44,45,46)/t31-/m0/s1. The van der Waals surface area contributed by atoms with Gasteiger partial charge >= 0.3 is 7.60 Å². The van der Waals surface area contributed by atoms with Crippen molar-refractivity contribution in [2.45, 2.75) is 108 Å². The average Bonchev–Trinajstić information content (AvgIpc) is 3.17. The monoisotopic (exact) mass is 800 g/mol. The minimum Gasteiger partial charge on any atom is -0.367 e. The predicted molar refractivity (Wildman–Crippen MR) is 216 cm³/mol. The van der Waals surface area contributed by atoms with Crippen LogP contribution in [-0.2, 0) is 32.0 Å². The molecule has 2 aliphatic rings. The fourth-order valence-electron chi connectivity index (χ4n) is 7.09. The lowest BCUT2D eigenvalue weighted by molar-refractivity contribution is -0.132. The van der Waals surface area contributed by atoms with Crippen LogP contribution in [0.15, 0.2) is 30.5 Å². The first-order chi connectivity index (χ1) is 27.0. The molecule has 2 aromatic heterocycles. The zero-order valence-corrected chi connectivity index (χ0v) is 33.2. The second kappa shape index (κ2) is 22.0. The molecule has 0 spiro atoms. The van der Waals surface area contributed by atoms with Crippen molar-refractivity contribution in [3.8, 4) is 0 Å². The van der Waals surface area contributed by atoms with Gasteiger partial charge in [-0.05, 0) is 76.7 Å². The Morgan fingerprint density at radius 3 is 2.45 bits per heavy atom. The lowest BCUT2D eigenvalue weighted by Crippen LogP contribution is -2.43. The first-order valence-corrected chi connectivity index (χ1v) is 21.9. The summed E-state index contributed by atoms with van der Waals surface area (Å²) in [6.07, 6.45) is 11.9. The first-order valence-electron chi connectivity index (χ1n) is 20.1. The van der Waals surface area contributed by atoms with E-state index >= 15 is 0 Å². The number of nitrogens with one attached hydrogen (secondary N) is 7. The normalized spacial score (nSPS) is 16.2. The molecule has 3 heterocycles. The number of aromatic amines is 1. The van der Waals surface area contributed by atoms with E-state index in [-0.39, 0.29) is 43.7 Å². The van der Waals surface area contributed by atoms with Crippen LogP contribution in [0.3, 0.4) is 0 Å². The number of benzene rings is 1. The predicted octanol–water partition coefficient (Wildman–Crippen LogP) is 1.93. The summed E-state index contributed by atoms with van der Waals surface area (Å²) in [5, 5.41) is 23.3. The molecule has 0 radical (unpaired) electrons. The number of nitrogens with two attached hydrogens (primary N) is 1. The van der Waals surface area contributed by atoms with E-state index < -0.39 is 25.8 Å². The number of para-hydroxylation sites is 1. The number of H-pyrrole nitrogens is 1. The molecule has 2 fully saturated rings. The van der Waals surface area contributed by atoms with Crippen molar-refractivity contribution in [3.05, 3.63) is 36.2 Å². The van der Waals surface area contributed by atoms with Gasteiger partial charge in [0.05, 0.1) is 23.8 Å². The zero-order chi connectivity index (χ0) is 39.8. The Hall–Kier alpha value is -4.06. The number of amides is 3. The van der Waals surface area contributed by atoms with Crippen LogP contribution < -0.4 is 37.6 Å². The Morgan fingerprint density at radius 1 is 0.929 bits per heavy atom. The molecule has 11 N–H and O–H groups in total. The lowest BCUT2D eigenvalue weighted by Gasteiger charge is -2.33. The maximum atomic E-state index is 12.9. The quantitative estimate of drug-likeness (QED) is 0.0487. The molecule has 1 saturated carbocycles. The number of rotatable bonds is 23. The minimum atomic E-state index is -4.40. The third kappa shape index (κ3) is 14.8. The van der Waals surface area contributed by atoms with E-state index in [0.717, 1.165) is 80.3 Å². The molecule has 310 valence electrons. The van der Waals surface area contributed by atoms with E-state index in [4.69, 9.17) is 25.5 Å². The average molecular weight is 801 g/mol. The van der Waals surface area contributed by atoms with Crippen LogP contribution in [-0.4, -0.2) is 116 Å². The van der Waals surface area contributed by atoms with Crippen LogP contribution >= 0.6 is 7.60 Å². The van der Waals surface area contributed by atoms with E-state index in [1.165, 1.54) is 32.1 Å². The van der Waals surface area contributed by atoms with Gasteiger partial charge in [-0.25, -0.2) is 4.98 Å². The summed E-state index contributed by atoms with van der Waals surface area (Å²) < 4.78 is 13.0. The Kier molecular flexibility index (Phi) is 16.9. The number of aromatic nitrogens is 4. The molecule has 1 aromatic carbocycles. The number of likely N-dealkylation sites (tertiary alicyclic amines) is 1. The number of fused-ring (bicyclic) bond motifs is 1. The molecule has 0 bridgehead atoms. The number of aryl methyl sites for hydroxylation is 1. The first kappa shape index (κ1) is 43.1. The van der Waals surface area contributed by atoms with Crippen molar-refractivity contribution in [3.63, 3.8) is 0 Å². The lowest BCUT2D eigenvalue weighted by atomic mass is 9.95. The van der Waals surface area contributed by atoms with Crippen LogP contribution in [0.2, 0.25) is 0 Å². The van der Waals surface area contributed by atoms with Gasteiger partial charge in [-0.1, -0.05) is 31.4 Å².